The Labute approximate surface area is 152 Å². The molecule has 0 bridgehead atoms. The average molecular weight is 334 g/mol. The van der Waals surface area contributed by atoms with Crippen LogP contribution in [0.3, 0.4) is 0 Å². The maximum atomic E-state index is 4.74. The molecule has 0 unspecified atom stereocenters. The zero-order valence-corrected chi connectivity index (χ0v) is 14.8. The zero-order chi connectivity index (χ0) is 17.7. The highest BCUT2D eigenvalue weighted by atomic mass is 14.8. The Morgan fingerprint density at radius 3 is 1.85 bits per heavy atom. The van der Waals surface area contributed by atoms with Crippen LogP contribution in [0.4, 0.5) is 0 Å². The third-order valence-corrected chi connectivity index (χ3v) is 5.23. The Hall–Kier alpha value is -3.26. The van der Waals surface area contributed by atoms with Crippen LogP contribution in [0.5, 0.6) is 0 Å². The zero-order valence-electron chi connectivity index (χ0n) is 14.8. The second kappa shape index (κ2) is 5.63. The molecule has 0 amide bonds. The maximum absolute atomic E-state index is 4.74. The molecule has 5 rings (SSSR count). The molecule has 0 aliphatic carbocycles. The summed E-state index contributed by atoms with van der Waals surface area (Å²) in [5, 5.41) is 6.01. The summed E-state index contributed by atoms with van der Waals surface area (Å²) in [5.74, 6) is 0. The number of hydrogen-bond acceptors (Lipinski definition) is 2. The van der Waals surface area contributed by atoms with Crippen molar-refractivity contribution in [3.8, 4) is 11.3 Å². The normalized spacial score (nSPS) is 11.5. The first-order chi connectivity index (χ1) is 12.8. The van der Waals surface area contributed by atoms with Crippen molar-refractivity contribution in [1.82, 2.24) is 9.97 Å². The van der Waals surface area contributed by atoms with Gasteiger partial charge in [0.05, 0.1) is 11.2 Å². The fourth-order valence-electron chi connectivity index (χ4n) is 4.08. The molecular weight excluding hydrogens is 316 g/mol. The third kappa shape index (κ3) is 2.05. The number of nitrogens with zero attached hydrogens (tertiary/aromatic N) is 2. The van der Waals surface area contributed by atoms with Gasteiger partial charge in [-0.1, -0.05) is 66.7 Å². The molecule has 0 spiro atoms. The molecule has 5 aromatic rings. The maximum Gasteiger partial charge on any atom is 0.116 e. The van der Waals surface area contributed by atoms with Crippen LogP contribution >= 0.6 is 0 Å². The smallest absolute Gasteiger partial charge is 0.116 e. The van der Waals surface area contributed by atoms with Crippen molar-refractivity contribution < 1.29 is 0 Å². The monoisotopic (exact) mass is 334 g/mol. The van der Waals surface area contributed by atoms with Gasteiger partial charge in [0.25, 0.3) is 0 Å². The molecule has 0 aliphatic heterocycles. The Kier molecular flexibility index (Phi) is 3.26. The largest absolute Gasteiger partial charge is 0.236 e. The van der Waals surface area contributed by atoms with Gasteiger partial charge in [-0.25, -0.2) is 9.97 Å². The van der Waals surface area contributed by atoms with Crippen molar-refractivity contribution >= 4 is 32.4 Å². The highest BCUT2D eigenvalue weighted by molar-refractivity contribution is 6.26. The standard InChI is InChI=1S/C24H18N2/c1-15-8-7-9-16(2)21(15)24-22-19-12-5-3-10-17(19)18-11-4-6-13-20(18)23(22)25-14-26-24/h3-14H,1-2H3. The molecule has 26 heavy (non-hydrogen) atoms. The van der Waals surface area contributed by atoms with E-state index >= 15 is 0 Å². The molecule has 0 saturated carbocycles. The molecular formula is C24H18N2. The fourth-order valence-corrected chi connectivity index (χ4v) is 4.08. The molecule has 0 radical (unpaired) electrons. The van der Waals surface area contributed by atoms with E-state index in [9.17, 15) is 0 Å². The molecule has 0 atom stereocenters. The van der Waals surface area contributed by atoms with Crippen LogP contribution in [0.25, 0.3) is 43.7 Å². The van der Waals surface area contributed by atoms with Crippen LogP contribution in [-0.4, -0.2) is 9.97 Å². The molecule has 124 valence electrons. The lowest BCUT2D eigenvalue weighted by Crippen LogP contribution is -1.95. The van der Waals surface area contributed by atoms with Gasteiger partial charge in [-0.15, -0.1) is 0 Å². The number of aryl methyl sites for hydroxylation is 2. The Morgan fingerprint density at radius 2 is 1.15 bits per heavy atom. The van der Waals surface area contributed by atoms with Gasteiger partial charge >= 0.3 is 0 Å². The van der Waals surface area contributed by atoms with E-state index in [1.165, 1.54) is 38.2 Å². The van der Waals surface area contributed by atoms with E-state index in [0.717, 1.165) is 16.6 Å². The first-order valence-corrected chi connectivity index (χ1v) is 8.86. The van der Waals surface area contributed by atoms with Gasteiger partial charge in [0.2, 0.25) is 0 Å². The van der Waals surface area contributed by atoms with Crippen LogP contribution < -0.4 is 0 Å². The van der Waals surface area contributed by atoms with Crippen molar-refractivity contribution in [2.24, 2.45) is 0 Å². The molecule has 0 saturated heterocycles. The predicted octanol–water partition coefficient (Wildman–Crippen LogP) is 6.22. The van der Waals surface area contributed by atoms with Crippen molar-refractivity contribution in [2.45, 2.75) is 13.8 Å². The lowest BCUT2D eigenvalue weighted by atomic mass is 9.92. The van der Waals surface area contributed by atoms with E-state index < -0.39 is 0 Å². The van der Waals surface area contributed by atoms with Gasteiger partial charge in [-0.3, -0.25) is 0 Å². The molecule has 1 aromatic heterocycles. The predicted molar refractivity (Wildman–Crippen MR) is 109 cm³/mol. The van der Waals surface area contributed by atoms with E-state index in [0.29, 0.717) is 0 Å². The van der Waals surface area contributed by atoms with Gasteiger partial charge in [0.1, 0.15) is 6.33 Å². The van der Waals surface area contributed by atoms with Gasteiger partial charge in [0, 0.05) is 16.3 Å². The van der Waals surface area contributed by atoms with Crippen LogP contribution in [0.1, 0.15) is 11.1 Å². The second-order valence-corrected chi connectivity index (χ2v) is 6.80. The van der Waals surface area contributed by atoms with E-state index in [1.54, 1.807) is 6.33 Å². The molecule has 0 fully saturated rings. The summed E-state index contributed by atoms with van der Waals surface area (Å²) >= 11 is 0. The summed E-state index contributed by atoms with van der Waals surface area (Å²) in [4.78, 5) is 9.44. The Bertz CT molecular complexity index is 1240. The first-order valence-electron chi connectivity index (χ1n) is 8.86. The minimum atomic E-state index is 1.02. The first kappa shape index (κ1) is 15.0. The topological polar surface area (TPSA) is 25.8 Å². The number of fused-ring (bicyclic) bond motifs is 6. The summed E-state index contributed by atoms with van der Waals surface area (Å²) in [6.07, 6.45) is 1.70. The lowest BCUT2D eigenvalue weighted by Gasteiger charge is -2.15. The van der Waals surface area contributed by atoms with Crippen LogP contribution in [0, 0.1) is 13.8 Å². The van der Waals surface area contributed by atoms with Gasteiger partial charge in [0.15, 0.2) is 0 Å². The van der Waals surface area contributed by atoms with E-state index in [1.807, 2.05) is 0 Å². The molecule has 2 heteroatoms. The van der Waals surface area contributed by atoms with Crippen LogP contribution in [0.2, 0.25) is 0 Å². The average Bonchev–Trinajstić information content (AvgIpc) is 2.68. The highest BCUT2D eigenvalue weighted by Gasteiger charge is 2.16. The van der Waals surface area contributed by atoms with Gasteiger partial charge < -0.3 is 0 Å². The minimum absolute atomic E-state index is 1.02. The van der Waals surface area contributed by atoms with Crippen LogP contribution in [0.15, 0.2) is 73.1 Å². The van der Waals surface area contributed by atoms with Gasteiger partial charge in [-0.2, -0.15) is 0 Å². The number of rotatable bonds is 1. The summed E-state index contributed by atoms with van der Waals surface area (Å²) in [6, 6.07) is 23.5. The van der Waals surface area contributed by atoms with Crippen LogP contribution in [-0.2, 0) is 0 Å². The summed E-state index contributed by atoms with van der Waals surface area (Å²) in [5.41, 5.74) is 5.73. The van der Waals surface area contributed by atoms with E-state index in [-0.39, 0.29) is 0 Å². The van der Waals surface area contributed by atoms with Crippen molar-refractivity contribution in [2.75, 3.05) is 0 Å². The summed E-state index contributed by atoms with van der Waals surface area (Å²) < 4.78 is 0. The SMILES string of the molecule is Cc1cccc(C)c1-c1ncnc2c3ccccc3c3ccccc3c12. The molecule has 4 aromatic carbocycles. The number of hydrogen-bond donors (Lipinski definition) is 0. The van der Waals surface area contributed by atoms with Crippen molar-refractivity contribution in [3.05, 3.63) is 84.2 Å². The highest BCUT2D eigenvalue weighted by Crippen LogP contribution is 2.39. The molecule has 0 N–H and O–H groups in total. The number of benzene rings is 4. The van der Waals surface area contributed by atoms with Crippen molar-refractivity contribution in [3.63, 3.8) is 0 Å². The second-order valence-electron chi connectivity index (χ2n) is 6.80. The Morgan fingerprint density at radius 1 is 0.577 bits per heavy atom. The van der Waals surface area contributed by atoms with E-state index in [2.05, 4.69) is 80.6 Å². The third-order valence-electron chi connectivity index (χ3n) is 5.23. The quantitative estimate of drug-likeness (QED) is 0.340. The molecule has 1 heterocycles. The van der Waals surface area contributed by atoms with Gasteiger partial charge in [-0.05, 0) is 41.1 Å². The minimum Gasteiger partial charge on any atom is -0.236 e. The number of aromatic nitrogens is 2. The molecule has 2 nitrogen and oxygen atoms in total. The lowest BCUT2D eigenvalue weighted by molar-refractivity contribution is 1.22. The summed E-state index contributed by atoms with van der Waals surface area (Å²) in [7, 11) is 0. The summed E-state index contributed by atoms with van der Waals surface area (Å²) in [6.45, 7) is 4.30. The van der Waals surface area contributed by atoms with Crippen molar-refractivity contribution in [1.29, 1.82) is 0 Å². The fraction of sp³-hybridized carbons (Fsp3) is 0.0833. The Balaban J connectivity index is 2.09. The van der Waals surface area contributed by atoms with E-state index in [4.69, 9.17) is 9.97 Å². The molecule has 0 aliphatic rings.